The highest BCUT2D eigenvalue weighted by molar-refractivity contribution is 6.06. The first kappa shape index (κ1) is 18.6. The Morgan fingerprint density at radius 3 is 1.40 bits per heavy atom. The van der Waals surface area contributed by atoms with Gasteiger partial charge in [-0.3, -0.25) is 14.5 Å². The van der Waals surface area contributed by atoms with E-state index < -0.39 is 0 Å². The Balaban J connectivity index is 1.57. The summed E-state index contributed by atoms with van der Waals surface area (Å²) in [6.45, 7) is 0.328. The van der Waals surface area contributed by atoms with Crippen molar-refractivity contribution < 1.29 is 9.59 Å². The summed E-state index contributed by atoms with van der Waals surface area (Å²) in [6, 6.07) is 29.9. The molecule has 3 nitrogen and oxygen atoms in total. The van der Waals surface area contributed by atoms with E-state index in [4.69, 9.17) is 0 Å². The summed E-state index contributed by atoms with van der Waals surface area (Å²) >= 11 is 0. The highest BCUT2D eigenvalue weighted by Gasteiger charge is 2.54. The van der Waals surface area contributed by atoms with Crippen molar-refractivity contribution in [2.45, 2.75) is 18.4 Å². The highest BCUT2D eigenvalue weighted by atomic mass is 16.2. The summed E-state index contributed by atoms with van der Waals surface area (Å²) in [5, 5.41) is 0. The zero-order valence-corrected chi connectivity index (χ0v) is 16.6. The fraction of sp³-hybridized carbons (Fsp3) is 0.185. The average Bonchev–Trinajstić information content (AvgIpc) is 3.06. The number of fused-ring (bicyclic) bond motifs is 1. The molecule has 3 aromatic rings. The Morgan fingerprint density at radius 2 is 0.967 bits per heavy atom. The maximum absolute atomic E-state index is 13.6. The number of rotatable bonds is 4. The third-order valence-corrected chi connectivity index (χ3v) is 6.34. The van der Waals surface area contributed by atoms with Crippen LogP contribution in [0.4, 0.5) is 0 Å². The van der Waals surface area contributed by atoms with Gasteiger partial charge in [-0.2, -0.15) is 0 Å². The molecule has 1 aliphatic heterocycles. The fourth-order valence-electron chi connectivity index (χ4n) is 4.92. The second kappa shape index (κ2) is 7.75. The van der Waals surface area contributed by atoms with Gasteiger partial charge in [0.05, 0.1) is 18.4 Å². The molecule has 2 aliphatic rings. The lowest BCUT2D eigenvalue weighted by molar-refractivity contribution is -0.140. The minimum atomic E-state index is -0.376. The number of carbonyl (C=O) groups is 2. The molecule has 4 atom stereocenters. The third-order valence-electron chi connectivity index (χ3n) is 6.34. The second-order valence-electron chi connectivity index (χ2n) is 8.06. The molecule has 5 rings (SSSR count). The predicted octanol–water partition coefficient (Wildman–Crippen LogP) is 4.93. The molecule has 1 aliphatic carbocycles. The molecular weight excluding hydrogens is 370 g/mol. The summed E-state index contributed by atoms with van der Waals surface area (Å²) in [7, 11) is 0. The van der Waals surface area contributed by atoms with Crippen LogP contribution in [0.5, 0.6) is 0 Å². The van der Waals surface area contributed by atoms with Gasteiger partial charge < -0.3 is 0 Å². The lowest BCUT2D eigenvalue weighted by Gasteiger charge is -2.32. The summed E-state index contributed by atoms with van der Waals surface area (Å²) < 4.78 is 0. The van der Waals surface area contributed by atoms with E-state index >= 15 is 0 Å². The average molecular weight is 393 g/mol. The summed E-state index contributed by atoms with van der Waals surface area (Å²) in [5.74, 6) is -1.06. The van der Waals surface area contributed by atoms with Gasteiger partial charge in [-0.1, -0.05) is 103 Å². The molecule has 0 bridgehead atoms. The van der Waals surface area contributed by atoms with Crippen LogP contribution in [0.15, 0.2) is 103 Å². The second-order valence-corrected chi connectivity index (χ2v) is 8.06. The molecule has 1 heterocycles. The van der Waals surface area contributed by atoms with Gasteiger partial charge >= 0.3 is 0 Å². The molecule has 0 N–H and O–H groups in total. The van der Waals surface area contributed by atoms with Crippen LogP contribution in [0.2, 0.25) is 0 Å². The number of hydrogen-bond donors (Lipinski definition) is 0. The number of likely N-dealkylation sites (tertiary alicyclic amines) is 1. The van der Waals surface area contributed by atoms with Crippen LogP contribution >= 0.6 is 0 Å². The van der Waals surface area contributed by atoms with Crippen LogP contribution in [0.25, 0.3) is 0 Å². The highest BCUT2D eigenvalue weighted by Crippen LogP contribution is 2.49. The maximum atomic E-state index is 13.6. The topological polar surface area (TPSA) is 37.4 Å². The Labute approximate surface area is 176 Å². The fourth-order valence-corrected chi connectivity index (χ4v) is 4.92. The van der Waals surface area contributed by atoms with Crippen LogP contribution in [-0.4, -0.2) is 16.7 Å². The van der Waals surface area contributed by atoms with Crippen molar-refractivity contribution in [3.63, 3.8) is 0 Å². The normalized spacial score (nSPS) is 25.4. The standard InChI is InChI=1S/C27H23NO2/c29-26-24-22(20-12-6-2-7-13-20)16-17-23(21-14-8-3-9-15-21)25(24)27(30)28(26)18-19-10-4-1-5-11-19/h1-17,22-25H,18H2. The van der Waals surface area contributed by atoms with Crippen molar-refractivity contribution in [3.05, 3.63) is 120 Å². The van der Waals surface area contributed by atoms with E-state index in [9.17, 15) is 9.59 Å². The Morgan fingerprint density at radius 1 is 0.567 bits per heavy atom. The Bertz CT molecular complexity index is 1010. The molecule has 1 fully saturated rings. The minimum Gasteiger partial charge on any atom is -0.278 e. The molecular formula is C27H23NO2. The number of carbonyl (C=O) groups excluding carboxylic acids is 2. The molecule has 30 heavy (non-hydrogen) atoms. The first-order chi connectivity index (χ1) is 14.7. The van der Waals surface area contributed by atoms with Gasteiger partial charge in [-0.05, 0) is 16.7 Å². The number of allylic oxidation sites excluding steroid dienone is 2. The van der Waals surface area contributed by atoms with Gasteiger partial charge in [0, 0.05) is 11.8 Å². The van der Waals surface area contributed by atoms with Gasteiger partial charge in [-0.25, -0.2) is 0 Å². The molecule has 0 aromatic heterocycles. The van der Waals surface area contributed by atoms with Gasteiger partial charge in [0.2, 0.25) is 11.8 Å². The van der Waals surface area contributed by atoms with Gasteiger partial charge in [0.1, 0.15) is 0 Å². The zero-order chi connectivity index (χ0) is 20.5. The third kappa shape index (κ3) is 3.17. The SMILES string of the molecule is O=C1C2C(c3ccccc3)C=CC(c3ccccc3)C2C(=O)N1Cc1ccccc1. The quantitative estimate of drug-likeness (QED) is 0.466. The molecule has 2 amide bonds. The smallest absolute Gasteiger partial charge is 0.234 e. The number of amides is 2. The van der Waals surface area contributed by atoms with Crippen LogP contribution in [-0.2, 0) is 16.1 Å². The van der Waals surface area contributed by atoms with Gasteiger partial charge in [0.25, 0.3) is 0 Å². The molecule has 3 aromatic carbocycles. The monoisotopic (exact) mass is 393 g/mol. The first-order valence-corrected chi connectivity index (χ1v) is 10.4. The molecule has 0 spiro atoms. The molecule has 3 heteroatoms. The number of benzene rings is 3. The van der Waals surface area contributed by atoms with E-state index in [2.05, 4.69) is 12.2 Å². The molecule has 1 saturated heterocycles. The molecule has 0 saturated carbocycles. The van der Waals surface area contributed by atoms with E-state index in [1.54, 1.807) is 0 Å². The molecule has 4 unspecified atom stereocenters. The van der Waals surface area contributed by atoms with Gasteiger partial charge in [-0.15, -0.1) is 0 Å². The van der Waals surface area contributed by atoms with Crippen LogP contribution < -0.4 is 0 Å². The lowest BCUT2D eigenvalue weighted by atomic mass is 9.68. The van der Waals surface area contributed by atoms with E-state index in [1.165, 1.54) is 4.90 Å². The van der Waals surface area contributed by atoms with Crippen molar-refractivity contribution in [3.8, 4) is 0 Å². The largest absolute Gasteiger partial charge is 0.278 e. The van der Waals surface area contributed by atoms with E-state index in [-0.39, 0.29) is 35.5 Å². The summed E-state index contributed by atoms with van der Waals surface area (Å²) in [6.07, 6.45) is 4.26. The maximum Gasteiger partial charge on any atom is 0.234 e. The summed E-state index contributed by atoms with van der Waals surface area (Å²) in [5.41, 5.74) is 3.13. The number of imide groups is 1. The van der Waals surface area contributed by atoms with Gasteiger partial charge in [0.15, 0.2) is 0 Å². The van der Waals surface area contributed by atoms with E-state index in [1.807, 2.05) is 91.0 Å². The predicted molar refractivity (Wildman–Crippen MR) is 116 cm³/mol. The lowest BCUT2D eigenvalue weighted by Crippen LogP contribution is -2.31. The van der Waals surface area contributed by atoms with Crippen molar-refractivity contribution in [2.75, 3.05) is 0 Å². The van der Waals surface area contributed by atoms with Crippen molar-refractivity contribution in [1.82, 2.24) is 4.90 Å². The van der Waals surface area contributed by atoms with Crippen molar-refractivity contribution >= 4 is 11.8 Å². The van der Waals surface area contributed by atoms with E-state index in [0.717, 1.165) is 16.7 Å². The molecule has 0 radical (unpaired) electrons. The van der Waals surface area contributed by atoms with E-state index in [0.29, 0.717) is 6.54 Å². The van der Waals surface area contributed by atoms with Crippen molar-refractivity contribution in [2.24, 2.45) is 11.8 Å². The molecule has 148 valence electrons. The number of hydrogen-bond acceptors (Lipinski definition) is 2. The van der Waals surface area contributed by atoms with Crippen LogP contribution in [0.1, 0.15) is 28.5 Å². The Hall–Kier alpha value is -3.46. The number of nitrogens with zero attached hydrogens (tertiary/aromatic N) is 1. The Kier molecular flexibility index (Phi) is 4.80. The van der Waals surface area contributed by atoms with Crippen LogP contribution in [0.3, 0.4) is 0 Å². The summed E-state index contributed by atoms with van der Waals surface area (Å²) in [4.78, 5) is 28.6. The van der Waals surface area contributed by atoms with Crippen LogP contribution in [0, 0.1) is 11.8 Å². The zero-order valence-electron chi connectivity index (χ0n) is 16.6. The van der Waals surface area contributed by atoms with Crippen molar-refractivity contribution in [1.29, 1.82) is 0 Å². The first-order valence-electron chi connectivity index (χ1n) is 10.4. The minimum absolute atomic E-state index is 0.0620.